The first-order valence-electron chi connectivity index (χ1n) is 6.70. The van der Waals surface area contributed by atoms with Crippen LogP contribution in [0.2, 0.25) is 5.02 Å². The van der Waals surface area contributed by atoms with Crippen molar-refractivity contribution in [1.82, 2.24) is 15.1 Å². The third-order valence-corrected chi connectivity index (χ3v) is 4.22. The molecule has 100 valence electrons. The van der Waals surface area contributed by atoms with Gasteiger partial charge in [0.2, 0.25) is 0 Å². The maximum Gasteiger partial charge on any atom is 0.0835 e. The van der Waals surface area contributed by atoms with Gasteiger partial charge < -0.3 is 5.32 Å². The molecule has 0 aliphatic carbocycles. The SMILES string of the molecule is Cc1nn(-c2ccccc2Cl)c(C)c1C1CCNC1. The van der Waals surface area contributed by atoms with Crippen molar-refractivity contribution in [3.63, 3.8) is 0 Å². The third-order valence-electron chi connectivity index (χ3n) is 3.90. The van der Waals surface area contributed by atoms with E-state index >= 15 is 0 Å². The minimum atomic E-state index is 0.580. The molecule has 2 aromatic rings. The summed E-state index contributed by atoms with van der Waals surface area (Å²) in [6, 6.07) is 7.86. The molecule has 3 nitrogen and oxygen atoms in total. The Kier molecular flexibility index (Phi) is 3.33. The molecular weight excluding hydrogens is 258 g/mol. The summed E-state index contributed by atoms with van der Waals surface area (Å²) in [5.41, 5.74) is 4.66. The van der Waals surface area contributed by atoms with Crippen molar-refractivity contribution in [2.45, 2.75) is 26.2 Å². The van der Waals surface area contributed by atoms with Gasteiger partial charge >= 0.3 is 0 Å². The fourth-order valence-corrected chi connectivity index (χ4v) is 3.22. The maximum atomic E-state index is 6.28. The first-order valence-corrected chi connectivity index (χ1v) is 7.08. The largest absolute Gasteiger partial charge is 0.316 e. The van der Waals surface area contributed by atoms with Crippen molar-refractivity contribution in [2.75, 3.05) is 13.1 Å². The van der Waals surface area contributed by atoms with Crippen LogP contribution < -0.4 is 5.32 Å². The maximum absolute atomic E-state index is 6.28. The highest BCUT2D eigenvalue weighted by atomic mass is 35.5. The second-order valence-electron chi connectivity index (χ2n) is 5.14. The molecule has 1 atom stereocenters. The smallest absolute Gasteiger partial charge is 0.0835 e. The Bertz CT molecular complexity index is 597. The molecule has 1 aromatic heterocycles. The van der Waals surface area contributed by atoms with Crippen LogP contribution in [0.1, 0.15) is 29.3 Å². The molecule has 0 amide bonds. The van der Waals surface area contributed by atoms with Crippen molar-refractivity contribution in [3.05, 3.63) is 46.2 Å². The topological polar surface area (TPSA) is 29.9 Å². The van der Waals surface area contributed by atoms with E-state index in [1.165, 1.54) is 17.7 Å². The van der Waals surface area contributed by atoms with Gasteiger partial charge in [0.1, 0.15) is 0 Å². The average Bonchev–Trinajstić information content (AvgIpc) is 2.99. The zero-order valence-electron chi connectivity index (χ0n) is 11.3. The molecule has 0 spiro atoms. The van der Waals surface area contributed by atoms with Crippen LogP contribution in [0, 0.1) is 13.8 Å². The summed E-state index contributed by atoms with van der Waals surface area (Å²) in [5, 5.41) is 8.85. The first-order chi connectivity index (χ1) is 9.18. The Morgan fingerprint density at radius 3 is 2.79 bits per heavy atom. The predicted molar refractivity (Wildman–Crippen MR) is 78.3 cm³/mol. The molecule has 0 bridgehead atoms. The Hall–Kier alpha value is -1.32. The van der Waals surface area contributed by atoms with Gasteiger partial charge in [0.15, 0.2) is 0 Å². The number of nitrogens with one attached hydrogen (secondary N) is 1. The van der Waals surface area contributed by atoms with Crippen LogP contribution in [-0.4, -0.2) is 22.9 Å². The highest BCUT2D eigenvalue weighted by Crippen LogP contribution is 2.31. The molecule has 1 N–H and O–H groups in total. The number of para-hydroxylation sites is 1. The van der Waals surface area contributed by atoms with Crippen molar-refractivity contribution < 1.29 is 0 Å². The first kappa shape index (κ1) is 12.7. The highest BCUT2D eigenvalue weighted by Gasteiger charge is 2.24. The molecule has 1 aromatic carbocycles. The van der Waals surface area contributed by atoms with E-state index in [1.54, 1.807) is 0 Å². The Labute approximate surface area is 118 Å². The normalized spacial score (nSPS) is 19.0. The van der Waals surface area contributed by atoms with Crippen LogP contribution in [0.3, 0.4) is 0 Å². The summed E-state index contributed by atoms with van der Waals surface area (Å²) in [6.07, 6.45) is 1.19. The van der Waals surface area contributed by atoms with Crippen molar-refractivity contribution in [3.8, 4) is 5.69 Å². The third kappa shape index (κ3) is 2.17. The van der Waals surface area contributed by atoms with Gasteiger partial charge in [-0.25, -0.2) is 4.68 Å². The van der Waals surface area contributed by atoms with Crippen molar-refractivity contribution in [1.29, 1.82) is 0 Å². The molecule has 1 unspecified atom stereocenters. The van der Waals surface area contributed by atoms with E-state index in [-0.39, 0.29) is 0 Å². The number of halogens is 1. The van der Waals surface area contributed by atoms with E-state index in [9.17, 15) is 0 Å². The molecule has 1 aliphatic rings. The fourth-order valence-electron chi connectivity index (χ4n) is 3.00. The van der Waals surface area contributed by atoms with Crippen LogP contribution >= 0.6 is 11.6 Å². The lowest BCUT2D eigenvalue weighted by atomic mass is 9.96. The van der Waals surface area contributed by atoms with Gasteiger partial charge in [0.05, 0.1) is 16.4 Å². The number of aromatic nitrogens is 2. The summed E-state index contributed by atoms with van der Waals surface area (Å²) in [7, 11) is 0. The molecule has 2 heterocycles. The van der Waals surface area contributed by atoms with Crippen LogP contribution in [0.4, 0.5) is 0 Å². The zero-order valence-corrected chi connectivity index (χ0v) is 12.0. The summed E-state index contributed by atoms with van der Waals surface area (Å²) in [6.45, 7) is 6.38. The second kappa shape index (κ2) is 4.99. The molecule has 0 saturated carbocycles. The summed E-state index contributed by atoms with van der Waals surface area (Å²) >= 11 is 6.28. The summed E-state index contributed by atoms with van der Waals surface area (Å²) in [5.74, 6) is 0.580. The number of hydrogen-bond donors (Lipinski definition) is 1. The molecule has 19 heavy (non-hydrogen) atoms. The monoisotopic (exact) mass is 275 g/mol. The van der Waals surface area contributed by atoms with E-state index in [0.717, 1.165) is 29.5 Å². The lowest BCUT2D eigenvalue weighted by molar-refractivity contribution is 0.749. The number of hydrogen-bond acceptors (Lipinski definition) is 2. The van der Waals surface area contributed by atoms with Gasteiger partial charge in [-0.3, -0.25) is 0 Å². The van der Waals surface area contributed by atoms with Crippen molar-refractivity contribution >= 4 is 11.6 Å². The van der Waals surface area contributed by atoms with Gasteiger partial charge in [-0.05, 0) is 38.9 Å². The van der Waals surface area contributed by atoms with E-state index < -0.39 is 0 Å². The molecule has 0 radical (unpaired) electrons. The van der Waals surface area contributed by atoms with Crippen molar-refractivity contribution in [2.24, 2.45) is 0 Å². The van der Waals surface area contributed by atoms with Crippen LogP contribution in [-0.2, 0) is 0 Å². The van der Waals surface area contributed by atoms with Gasteiger partial charge in [-0.15, -0.1) is 0 Å². The second-order valence-corrected chi connectivity index (χ2v) is 5.54. The number of benzene rings is 1. The van der Waals surface area contributed by atoms with E-state index in [2.05, 4.69) is 19.2 Å². The minimum absolute atomic E-state index is 0.580. The summed E-state index contributed by atoms with van der Waals surface area (Å²) in [4.78, 5) is 0. The highest BCUT2D eigenvalue weighted by molar-refractivity contribution is 6.32. The fraction of sp³-hybridized carbons (Fsp3) is 0.400. The molecule has 3 rings (SSSR count). The Morgan fingerprint density at radius 2 is 2.11 bits per heavy atom. The van der Waals surface area contributed by atoms with Crippen LogP contribution in [0.25, 0.3) is 5.69 Å². The quantitative estimate of drug-likeness (QED) is 0.912. The molecule has 1 fully saturated rings. The lowest BCUT2D eigenvalue weighted by Gasteiger charge is -2.10. The van der Waals surface area contributed by atoms with Gasteiger partial charge in [-0.2, -0.15) is 5.10 Å². The predicted octanol–water partition coefficient (Wildman–Crippen LogP) is 3.22. The molecular formula is C15H18ClN3. The van der Waals surface area contributed by atoms with Crippen LogP contribution in [0.5, 0.6) is 0 Å². The zero-order chi connectivity index (χ0) is 13.4. The van der Waals surface area contributed by atoms with Crippen LogP contribution in [0.15, 0.2) is 24.3 Å². The number of rotatable bonds is 2. The number of nitrogens with zero attached hydrogens (tertiary/aromatic N) is 2. The van der Waals surface area contributed by atoms with Gasteiger partial charge in [-0.1, -0.05) is 23.7 Å². The molecule has 1 aliphatic heterocycles. The Morgan fingerprint density at radius 1 is 1.32 bits per heavy atom. The molecule has 4 heteroatoms. The van der Waals surface area contributed by atoms with E-state index in [0.29, 0.717) is 5.92 Å². The molecule has 1 saturated heterocycles. The van der Waals surface area contributed by atoms with Gasteiger partial charge in [0.25, 0.3) is 0 Å². The Balaban J connectivity index is 2.09. The van der Waals surface area contributed by atoms with E-state index in [4.69, 9.17) is 16.7 Å². The van der Waals surface area contributed by atoms with E-state index in [1.807, 2.05) is 28.9 Å². The average molecular weight is 276 g/mol. The lowest BCUT2D eigenvalue weighted by Crippen LogP contribution is -2.09. The number of aryl methyl sites for hydroxylation is 1. The summed E-state index contributed by atoms with van der Waals surface area (Å²) < 4.78 is 1.98. The standard InChI is InChI=1S/C15H18ClN3/c1-10-15(12-7-8-17-9-12)11(2)19(18-10)14-6-4-3-5-13(14)16/h3-6,12,17H,7-9H2,1-2H3. The van der Waals surface area contributed by atoms with Gasteiger partial charge in [0, 0.05) is 23.7 Å². The minimum Gasteiger partial charge on any atom is -0.316 e.